The van der Waals surface area contributed by atoms with Gasteiger partial charge >= 0.3 is 0 Å². The van der Waals surface area contributed by atoms with Crippen LogP contribution < -0.4 is 5.32 Å². The van der Waals surface area contributed by atoms with Crippen LogP contribution in [0.3, 0.4) is 0 Å². The van der Waals surface area contributed by atoms with Gasteiger partial charge in [-0.25, -0.2) is 4.39 Å². The van der Waals surface area contributed by atoms with E-state index >= 15 is 0 Å². The Morgan fingerprint density at radius 1 is 1.14 bits per heavy atom. The van der Waals surface area contributed by atoms with E-state index in [2.05, 4.69) is 27.9 Å². The summed E-state index contributed by atoms with van der Waals surface area (Å²) in [6.07, 6.45) is 0. The molecule has 0 spiro atoms. The van der Waals surface area contributed by atoms with Crippen LogP contribution >= 0.6 is 22.6 Å². The van der Waals surface area contributed by atoms with E-state index in [1.165, 1.54) is 12.1 Å². The van der Waals surface area contributed by atoms with Gasteiger partial charge in [0.1, 0.15) is 5.82 Å². The van der Waals surface area contributed by atoms with E-state index in [-0.39, 0.29) is 23.7 Å². The molecule has 0 saturated carbocycles. The van der Waals surface area contributed by atoms with Crippen molar-refractivity contribution in [2.75, 3.05) is 0 Å². The van der Waals surface area contributed by atoms with Gasteiger partial charge in [-0.15, -0.1) is 0 Å². The fourth-order valence-electron chi connectivity index (χ4n) is 2.16. The van der Waals surface area contributed by atoms with Crippen molar-refractivity contribution in [3.63, 3.8) is 0 Å². The number of amides is 1. The molecule has 0 heterocycles. The summed E-state index contributed by atoms with van der Waals surface area (Å²) in [7, 11) is 0. The minimum absolute atomic E-state index is 0.114. The Kier molecular flexibility index (Phi) is 5.33. The molecule has 2 nitrogen and oxygen atoms in total. The van der Waals surface area contributed by atoms with E-state index in [1.807, 2.05) is 32.0 Å². The topological polar surface area (TPSA) is 29.1 Å². The average Bonchev–Trinajstić information content (AvgIpc) is 2.45. The molecular weight excluding hydrogens is 380 g/mol. The first-order chi connectivity index (χ1) is 9.97. The number of benzene rings is 2. The molecule has 1 atom stereocenters. The molecule has 2 rings (SSSR count). The van der Waals surface area contributed by atoms with E-state index in [0.29, 0.717) is 5.56 Å². The summed E-state index contributed by atoms with van der Waals surface area (Å²) in [4.78, 5) is 12.4. The number of carbonyl (C=O) groups is 1. The first kappa shape index (κ1) is 15.9. The standard InChI is InChI=1S/C17H17FINO/c1-11(2)16(12-6-8-14(18)9-7-12)20-17(21)13-4-3-5-15(19)10-13/h3-11,16H,1-2H3,(H,20,21). The van der Waals surface area contributed by atoms with Gasteiger partial charge in [-0.2, -0.15) is 0 Å². The molecule has 21 heavy (non-hydrogen) atoms. The van der Waals surface area contributed by atoms with Gasteiger partial charge in [-0.3, -0.25) is 4.79 Å². The predicted molar refractivity (Wildman–Crippen MR) is 90.6 cm³/mol. The lowest BCUT2D eigenvalue weighted by Crippen LogP contribution is -2.31. The molecular formula is C17H17FINO. The molecule has 1 unspecified atom stereocenters. The molecule has 0 aliphatic heterocycles. The van der Waals surface area contributed by atoms with E-state index in [4.69, 9.17) is 0 Å². The van der Waals surface area contributed by atoms with Crippen LogP contribution in [-0.2, 0) is 0 Å². The third-order valence-corrected chi connectivity index (χ3v) is 3.94. The number of hydrogen-bond acceptors (Lipinski definition) is 1. The zero-order valence-corrected chi connectivity index (χ0v) is 14.1. The fourth-order valence-corrected chi connectivity index (χ4v) is 2.70. The smallest absolute Gasteiger partial charge is 0.251 e. The van der Waals surface area contributed by atoms with Crippen molar-refractivity contribution < 1.29 is 9.18 Å². The van der Waals surface area contributed by atoms with Gasteiger partial charge in [-0.05, 0) is 64.4 Å². The second-order valence-corrected chi connectivity index (χ2v) is 6.50. The van der Waals surface area contributed by atoms with Crippen LogP contribution in [0, 0.1) is 15.3 Å². The maximum absolute atomic E-state index is 13.0. The average molecular weight is 397 g/mol. The summed E-state index contributed by atoms with van der Waals surface area (Å²) in [6, 6.07) is 13.6. The molecule has 1 N–H and O–H groups in total. The van der Waals surface area contributed by atoms with Crippen molar-refractivity contribution in [3.8, 4) is 0 Å². The quantitative estimate of drug-likeness (QED) is 0.754. The van der Waals surface area contributed by atoms with Crippen molar-refractivity contribution in [1.82, 2.24) is 5.32 Å². The largest absolute Gasteiger partial charge is 0.345 e. The molecule has 0 aliphatic rings. The normalized spacial score (nSPS) is 12.2. The second-order valence-electron chi connectivity index (χ2n) is 5.26. The monoisotopic (exact) mass is 397 g/mol. The molecule has 0 aliphatic carbocycles. The highest BCUT2D eigenvalue weighted by Gasteiger charge is 2.19. The summed E-state index contributed by atoms with van der Waals surface area (Å²) < 4.78 is 14.1. The van der Waals surface area contributed by atoms with E-state index < -0.39 is 0 Å². The van der Waals surface area contributed by atoms with Gasteiger partial charge in [0.05, 0.1) is 6.04 Å². The van der Waals surface area contributed by atoms with Gasteiger partial charge in [0, 0.05) is 9.13 Å². The third-order valence-electron chi connectivity index (χ3n) is 3.27. The summed E-state index contributed by atoms with van der Waals surface area (Å²) in [6.45, 7) is 4.06. The molecule has 0 aromatic heterocycles. The van der Waals surface area contributed by atoms with Crippen LogP contribution in [0.25, 0.3) is 0 Å². The SMILES string of the molecule is CC(C)C(NC(=O)c1cccc(I)c1)c1ccc(F)cc1. The third kappa shape index (κ3) is 4.27. The van der Waals surface area contributed by atoms with Crippen LogP contribution in [0.2, 0.25) is 0 Å². The number of nitrogens with one attached hydrogen (secondary N) is 1. The molecule has 0 saturated heterocycles. The molecule has 2 aromatic rings. The summed E-state index contributed by atoms with van der Waals surface area (Å²) in [5.74, 6) is -0.177. The molecule has 4 heteroatoms. The van der Waals surface area contributed by atoms with Crippen LogP contribution in [0.1, 0.15) is 35.8 Å². The van der Waals surface area contributed by atoms with Crippen molar-refractivity contribution in [2.45, 2.75) is 19.9 Å². The Bertz CT molecular complexity index is 625. The number of carbonyl (C=O) groups excluding carboxylic acids is 1. The predicted octanol–water partition coefficient (Wildman–Crippen LogP) is 4.56. The van der Waals surface area contributed by atoms with E-state index in [9.17, 15) is 9.18 Å². The lowest BCUT2D eigenvalue weighted by molar-refractivity contribution is 0.0925. The van der Waals surface area contributed by atoms with Crippen LogP contribution in [0.5, 0.6) is 0 Å². The van der Waals surface area contributed by atoms with Crippen LogP contribution in [0.15, 0.2) is 48.5 Å². The highest BCUT2D eigenvalue weighted by Crippen LogP contribution is 2.22. The zero-order chi connectivity index (χ0) is 15.4. The maximum Gasteiger partial charge on any atom is 0.251 e. The lowest BCUT2D eigenvalue weighted by atomic mass is 9.95. The van der Waals surface area contributed by atoms with Gasteiger partial charge in [0.15, 0.2) is 0 Å². The number of halogens is 2. The Labute approximate surface area is 137 Å². The molecule has 1 amide bonds. The number of rotatable bonds is 4. The van der Waals surface area contributed by atoms with Gasteiger partial charge in [0.25, 0.3) is 5.91 Å². The van der Waals surface area contributed by atoms with Crippen molar-refractivity contribution in [2.24, 2.45) is 5.92 Å². The Hall–Kier alpha value is -1.43. The Balaban J connectivity index is 2.20. The highest BCUT2D eigenvalue weighted by molar-refractivity contribution is 14.1. The van der Waals surface area contributed by atoms with Crippen molar-refractivity contribution in [3.05, 3.63) is 69.0 Å². The minimum Gasteiger partial charge on any atom is -0.345 e. The van der Waals surface area contributed by atoms with Crippen LogP contribution in [0.4, 0.5) is 4.39 Å². The lowest BCUT2D eigenvalue weighted by Gasteiger charge is -2.23. The van der Waals surface area contributed by atoms with Crippen molar-refractivity contribution >= 4 is 28.5 Å². The van der Waals surface area contributed by atoms with Crippen LogP contribution in [-0.4, -0.2) is 5.91 Å². The summed E-state index contributed by atoms with van der Waals surface area (Å²) in [5.41, 5.74) is 1.54. The first-order valence-electron chi connectivity index (χ1n) is 6.79. The van der Waals surface area contributed by atoms with Crippen molar-refractivity contribution in [1.29, 1.82) is 0 Å². The van der Waals surface area contributed by atoms with Gasteiger partial charge in [-0.1, -0.05) is 32.0 Å². The number of hydrogen-bond donors (Lipinski definition) is 1. The Morgan fingerprint density at radius 3 is 2.38 bits per heavy atom. The molecule has 0 fully saturated rings. The molecule has 0 radical (unpaired) electrons. The van der Waals surface area contributed by atoms with Gasteiger partial charge < -0.3 is 5.32 Å². The zero-order valence-electron chi connectivity index (χ0n) is 11.9. The second kappa shape index (κ2) is 7.02. The molecule has 0 bridgehead atoms. The maximum atomic E-state index is 13.0. The first-order valence-corrected chi connectivity index (χ1v) is 7.87. The highest BCUT2D eigenvalue weighted by atomic mass is 127. The fraction of sp³-hybridized carbons (Fsp3) is 0.235. The Morgan fingerprint density at radius 2 is 1.81 bits per heavy atom. The molecule has 110 valence electrons. The molecule has 2 aromatic carbocycles. The van der Waals surface area contributed by atoms with E-state index in [1.54, 1.807) is 18.2 Å². The minimum atomic E-state index is -0.273. The van der Waals surface area contributed by atoms with Gasteiger partial charge in [0.2, 0.25) is 0 Å². The summed E-state index contributed by atoms with van der Waals surface area (Å²) in [5, 5.41) is 3.03. The summed E-state index contributed by atoms with van der Waals surface area (Å²) >= 11 is 2.18. The van der Waals surface area contributed by atoms with E-state index in [0.717, 1.165) is 9.13 Å².